The van der Waals surface area contributed by atoms with Crippen molar-refractivity contribution in [3.05, 3.63) is 89.1 Å². The second-order valence-electron chi connectivity index (χ2n) is 7.69. The minimum absolute atomic E-state index is 0.225. The molecule has 33 heavy (non-hydrogen) atoms. The first-order chi connectivity index (χ1) is 16.0. The number of pyridine rings is 2. The first kappa shape index (κ1) is 20.5. The summed E-state index contributed by atoms with van der Waals surface area (Å²) in [7, 11) is 0. The summed E-state index contributed by atoms with van der Waals surface area (Å²) >= 11 is 0. The van der Waals surface area contributed by atoms with Crippen LogP contribution in [0.4, 0.5) is 15.9 Å². The Balaban J connectivity index is 1.37. The van der Waals surface area contributed by atoms with E-state index in [2.05, 4.69) is 25.5 Å². The van der Waals surface area contributed by atoms with Crippen LogP contribution in [0.1, 0.15) is 31.8 Å². The Morgan fingerprint density at radius 2 is 2.00 bits per heavy atom. The van der Waals surface area contributed by atoms with Crippen molar-refractivity contribution in [2.75, 3.05) is 16.8 Å². The molecule has 5 rings (SSSR count). The van der Waals surface area contributed by atoms with Gasteiger partial charge in [-0.15, -0.1) is 0 Å². The van der Waals surface area contributed by atoms with E-state index in [0.29, 0.717) is 35.5 Å². The maximum atomic E-state index is 13.5. The highest BCUT2D eigenvalue weighted by Crippen LogP contribution is 2.33. The number of hydrogen-bond donors (Lipinski definition) is 2. The summed E-state index contributed by atoms with van der Waals surface area (Å²) in [5, 5.41) is 9.72. The van der Waals surface area contributed by atoms with Crippen LogP contribution in [-0.4, -0.2) is 38.5 Å². The number of rotatable bonds is 3. The second-order valence-corrected chi connectivity index (χ2v) is 7.69. The normalized spacial score (nSPS) is 12.5. The Morgan fingerprint density at radius 3 is 2.82 bits per heavy atom. The molecule has 1 aromatic carbocycles. The van der Waals surface area contributed by atoms with Crippen molar-refractivity contribution in [3.8, 4) is 11.4 Å². The van der Waals surface area contributed by atoms with Gasteiger partial charge in [0.2, 0.25) is 0 Å². The van der Waals surface area contributed by atoms with Gasteiger partial charge in [0.15, 0.2) is 0 Å². The van der Waals surface area contributed by atoms with Crippen molar-refractivity contribution in [3.63, 3.8) is 0 Å². The van der Waals surface area contributed by atoms with E-state index in [4.69, 9.17) is 0 Å². The zero-order chi connectivity index (χ0) is 22.9. The van der Waals surface area contributed by atoms with Gasteiger partial charge in [0.05, 0.1) is 23.1 Å². The van der Waals surface area contributed by atoms with Crippen molar-refractivity contribution < 1.29 is 14.0 Å². The Kier molecular flexibility index (Phi) is 5.14. The molecule has 4 heterocycles. The van der Waals surface area contributed by atoms with Gasteiger partial charge in [-0.3, -0.25) is 19.7 Å². The van der Waals surface area contributed by atoms with Crippen molar-refractivity contribution in [1.82, 2.24) is 20.2 Å². The number of aromatic amines is 1. The standard InChI is InChI=1S/C24H19FN6O2/c1-14-4-6-17(25)11-18(14)23(32)29-20-7-5-16(12-27-20)24(33)31-10-8-15-13-28-30-21(15)22-19(31)3-2-9-26-22/h2-7,9,11-13H,8,10H2,1H3,(H,28,30)(H,27,29,32). The van der Waals surface area contributed by atoms with Crippen molar-refractivity contribution >= 4 is 23.3 Å². The smallest absolute Gasteiger partial charge is 0.259 e. The number of nitrogens with zero attached hydrogens (tertiary/aromatic N) is 4. The van der Waals surface area contributed by atoms with E-state index in [1.54, 1.807) is 48.5 Å². The number of hydrogen-bond acceptors (Lipinski definition) is 5. The average Bonchev–Trinajstić information content (AvgIpc) is 3.24. The number of carbonyl (C=O) groups excluding carboxylic acids is 2. The molecule has 0 unspecified atom stereocenters. The van der Waals surface area contributed by atoms with Crippen LogP contribution >= 0.6 is 0 Å². The van der Waals surface area contributed by atoms with Crippen LogP contribution in [0.5, 0.6) is 0 Å². The van der Waals surface area contributed by atoms with E-state index in [1.807, 2.05) is 6.07 Å². The molecular formula is C24H19FN6O2. The highest BCUT2D eigenvalue weighted by atomic mass is 19.1. The Labute approximate surface area is 188 Å². The fraction of sp³-hybridized carbons (Fsp3) is 0.125. The molecule has 3 aromatic heterocycles. The molecule has 9 heteroatoms. The van der Waals surface area contributed by atoms with Gasteiger partial charge < -0.3 is 10.2 Å². The van der Waals surface area contributed by atoms with Crippen LogP contribution in [0.15, 0.2) is 61.1 Å². The molecular weight excluding hydrogens is 423 g/mol. The van der Waals surface area contributed by atoms with Gasteiger partial charge in [-0.25, -0.2) is 9.37 Å². The van der Waals surface area contributed by atoms with Gasteiger partial charge in [0.1, 0.15) is 17.3 Å². The van der Waals surface area contributed by atoms with Crippen LogP contribution in [0.25, 0.3) is 11.4 Å². The van der Waals surface area contributed by atoms with Gasteiger partial charge >= 0.3 is 0 Å². The number of aryl methyl sites for hydroxylation is 1. The molecule has 2 N–H and O–H groups in total. The number of amides is 2. The molecule has 0 spiro atoms. The van der Waals surface area contributed by atoms with Crippen molar-refractivity contribution in [2.45, 2.75) is 13.3 Å². The molecule has 8 nitrogen and oxygen atoms in total. The van der Waals surface area contributed by atoms with Crippen molar-refractivity contribution in [2.24, 2.45) is 0 Å². The van der Waals surface area contributed by atoms with E-state index < -0.39 is 11.7 Å². The van der Waals surface area contributed by atoms with E-state index in [-0.39, 0.29) is 17.3 Å². The number of nitrogens with one attached hydrogen (secondary N) is 2. The topological polar surface area (TPSA) is 104 Å². The summed E-state index contributed by atoms with van der Waals surface area (Å²) in [4.78, 5) is 36.2. The molecule has 164 valence electrons. The molecule has 0 atom stereocenters. The Hall–Kier alpha value is -4.40. The lowest BCUT2D eigenvalue weighted by Gasteiger charge is -2.22. The highest BCUT2D eigenvalue weighted by Gasteiger charge is 2.27. The van der Waals surface area contributed by atoms with Gasteiger partial charge in [-0.2, -0.15) is 5.10 Å². The molecule has 0 bridgehead atoms. The number of benzene rings is 1. The fourth-order valence-corrected chi connectivity index (χ4v) is 3.85. The zero-order valence-electron chi connectivity index (χ0n) is 17.7. The number of anilines is 2. The predicted octanol–water partition coefficient (Wildman–Crippen LogP) is 3.77. The molecule has 1 aliphatic rings. The van der Waals surface area contributed by atoms with Gasteiger partial charge in [-0.05, 0) is 55.3 Å². The summed E-state index contributed by atoms with van der Waals surface area (Å²) in [6, 6.07) is 10.8. The molecule has 0 fully saturated rings. The summed E-state index contributed by atoms with van der Waals surface area (Å²) in [5.41, 5.74) is 4.40. The van der Waals surface area contributed by atoms with Crippen LogP contribution in [0.2, 0.25) is 0 Å². The molecule has 0 radical (unpaired) electrons. The van der Waals surface area contributed by atoms with Crippen molar-refractivity contribution in [1.29, 1.82) is 0 Å². The molecule has 1 aliphatic heterocycles. The second kappa shape index (κ2) is 8.27. The minimum Gasteiger partial charge on any atom is -0.307 e. The van der Waals surface area contributed by atoms with E-state index in [0.717, 1.165) is 11.3 Å². The largest absolute Gasteiger partial charge is 0.307 e. The SMILES string of the molecule is Cc1ccc(F)cc1C(=O)Nc1ccc(C(=O)N2CCc3cn[nH]c3-c3ncccc32)cn1. The molecule has 0 aliphatic carbocycles. The number of H-pyrrole nitrogens is 1. The first-order valence-corrected chi connectivity index (χ1v) is 10.3. The molecule has 0 saturated heterocycles. The lowest BCUT2D eigenvalue weighted by Crippen LogP contribution is -2.32. The predicted molar refractivity (Wildman–Crippen MR) is 121 cm³/mol. The van der Waals surface area contributed by atoms with Gasteiger partial charge in [-0.1, -0.05) is 6.07 Å². The lowest BCUT2D eigenvalue weighted by molar-refractivity contribution is 0.0986. The highest BCUT2D eigenvalue weighted by molar-refractivity contribution is 6.08. The zero-order valence-corrected chi connectivity index (χ0v) is 17.7. The van der Waals surface area contributed by atoms with Crippen LogP contribution in [-0.2, 0) is 6.42 Å². The maximum absolute atomic E-state index is 13.5. The minimum atomic E-state index is -0.492. The summed E-state index contributed by atoms with van der Waals surface area (Å²) in [6.45, 7) is 2.19. The van der Waals surface area contributed by atoms with E-state index in [9.17, 15) is 14.0 Å². The van der Waals surface area contributed by atoms with E-state index >= 15 is 0 Å². The third kappa shape index (κ3) is 3.84. The average molecular weight is 442 g/mol. The van der Waals surface area contributed by atoms with Gasteiger partial charge in [0, 0.05) is 30.1 Å². The number of carbonyl (C=O) groups is 2. The number of fused-ring (bicyclic) bond motifs is 3. The molecule has 4 aromatic rings. The molecule has 2 amide bonds. The number of halogens is 1. The monoisotopic (exact) mass is 442 g/mol. The van der Waals surface area contributed by atoms with Gasteiger partial charge in [0.25, 0.3) is 11.8 Å². The Morgan fingerprint density at radius 1 is 1.12 bits per heavy atom. The third-order valence-electron chi connectivity index (χ3n) is 5.58. The quantitative estimate of drug-likeness (QED) is 0.503. The number of aromatic nitrogens is 4. The van der Waals surface area contributed by atoms with E-state index in [1.165, 1.54) is 18.3 Å². The summed E-state index contributed by atoms with van der Waals surface area (Å²) < 4.78 is 13.5. The molecule has 0 saturated carbocycles. The van der Waals surface area contributed by atoms with Crippen LogP contribution in [0, 0.1) is 12.7 Å². The maximum Gasteiger partial charge on any atom is 0.259 e. The lowest BCUT2D eigenvalue weighted by atomic mass is 10.1. The fourth-order valence-electron chi connectivity index (χ4n) is 3.85. The van der Waals surface area contributed by atoms with Crippen LogP contribution < -0.4 is 10.2 Å². The summed E-state index contributed by atoms with van der Waals surface area (Å²) in [6.07, 6.45) is 5.47. The summed E-state index contributed by atoms with van der Waals surface area (Å²) in [5.74, 6) is -0.928. The first-order valence-electron chi connectivity index (χ1n) is 10.3. The third-order valence-corrected chi connectivity index (χ3v) is 5.58. The Bertz CT molecular complexity index is 1370. The van der Waals surface area contributed by atoms with Crippen LogP contribution in [0.3, 0.4) is 0 Å².